The van der Waals surface area contributed by atoms with Gasteiger partial charge in [-0.25, -0.2) is 0 Å². The summed E-state index contributed by atoms with van der Waals surface area (Å²) in [6.07, 6.45) is 7.42. The van der Waals surface area contributed by atoms with Crippen molar-refractivity contribution in [3.05, 3.63) is 47.6 Å². The Balaban J connectivity index is 6.21. The van der Waals surface area contributed by atoms with Crippen LogP contribution in [0.5, 0.6) is 0 Å². The number of aliphatic hydroxyl groups is 4. The summed E-state index contributed by atoms with van der Waals surface area (Å²) in [6, 6.07) is 0. The maximum absolute atomic E-state index is 12.4. The molecule has 0 spiro atoms. The minimum Gasteiger partial charge on any atom is -0.386 e. The molecular formula is C26H44N2O6. The van der Waals surface area contributed by atoms with Crippen LogP contribution < -0.4 is 11.5 Å². The van der Waals surface area contributed by atoms with Gasteiger partial charge >= 0.3 is 0 Å². The van der Waals surface area contributed by atoms with Crippen molar-refractivity contribution in [1.82, 2.24) is 0 Å². The van der Waals surface area contributed by atoms with Crippen LogP contribution in [0.1, 0.15) is 67.2 Å². The van der Waals surface area contributed by atoms with Gasteiger partial charge < -0.3 is 31.9 Å². The fraction of sp³-hybridized carbons (Fsp3) is 0.615. The highest BCUT2D eigenvalue weighted by Gasteiger charge is 2.57. The number of carbonyl (C=O) groups excluding carboxylic acids is 2. The molecular weight excluding hydrogens is 436 g/mol. The van der Waals surface area contributed by atoms with Crippen LogP contribution in [0.3, 0.4) is 0 Å². The van der Waals surface area contributed by atoms with E-state index >= 15 is 0 Å². The monoisotopic (exact) mass is 480 g/mol. The molecule has 0 rings (SSSR count). The van der Waals surface area contributed by atoms with Gasteiger partial charge in [-0.05, 0) is 71.3 Å². The van der Waals surface area contributed by atoms with Gasteiger partial charge in [0.2, 0.25) is 5.91 Å². The zero-order chi connectivity index (χ0) is 26.7. The fourth-order valence-electron chi connectivity index (χ4n) is 3.34. The highest BCUT2D eigenvalue weighted by molar-refractivity contribution is 5.88. The summed E-state index contributed by atoms with van der Waals surface area (Å²) in [5.74, 6) is -2.94. The Morgan fingerprint density at radius 3 is 1.59 bits per heavy atom. The van der Waals surface area contributed by atoms with E-state index in [0.29, 0.717) is 12.8 Å². The van der Waals surface area contributed by atoms with Crippen molar-refractivity contribution < 1.29 is 30.0 Å². The maximum Gasteiger partial charge on any atom is 0.256 e. The van der Waals surface area contributed by atoms with Gasteiger partial charge in [0.05, 0.1) is 0 Å². The molecule has 0 aliphatic rings. The second-order valence-electron chi connectivity index (χ2n) is 9.64. The predicted molar refractivity (Wildman–Crippen MR) is 134 cm³/mol. The van der Waals surface area contributed by atoms with E-state index in [2.05, 4.69) is 0 Å². The minimum atomic E-state index is -2.83. The van der Waals surface area contributed by atoms with Crippen molar-refractivity contribution in [2.45, 2.75) is 90.6 Å². The van der Waals surface area contributed by atoms with Crippen molar-refractivity contribution in [1.29, 1.82) is 0 Å². The third kappa shape index (κ3) is 9.54. The zero-order valence-corrected chi connectivity index (χ0v) is 21.4. The average molecular weight is 481 g/mol. The maximum atomic E-state index is 12.4. The van der Waals surface area contributed by atoms with Gasteiger partial charge in [0.1, 0.15) is 6.10 Å². The Morgan fingerprint density at radius 2 is 1.24 bits per heavy atom. The number of amides is 2. The first kappa shape index (κ1) is 31.7. The molecule has 0 aromatic heterocycles. The second-order valence-corrected chi connectivity index (χ2v) is 9.64. The number of rotatable bonds is 15. The van der Waals surface area contributed by atoms with E-state index in [-0.39, 0.29) is 11.8 Å². The molecule has 0 heterocycles. The first-order chi connectivity index (χ1) is 15.6. The standard InChI is InChI=1S/C26H44N2O6/c1-17(2)9-7-11-19(5)13-15-25(33,22(30)21(29)23(27)31)26(34,24(28)32)16-14-20(6)12-8-10-18(3)4/h9-10,13-16,19-22,29-30,33-34H,7-8,11-12H2,1-6H3,(H2,27,31)(H2,28,32)/b15-13+,16-14+. The van der Waals surface area contributed by atoms with Crippen molar-refractivity contribution in [2.24, 2.45) is 23.3 Å². The third-order valence-corrected chi connectivity index (χ3v) is 5.72. The summed E-state index contributed by atoms with van der Waals surface area (Å²) in [5, 5.41) is 43.3. The van der Waals surface area contributed by atoms with Gasteiger partial charge in [0.25, 0.3) is 5.91 Å². The normalized spacial score (nSPS) is 19.0. The van der Waals surface area contributed by atoms with Gasteiger partial charge in [-0.2, -0.15) is 0 Å². The molecule has 0 aromatic carbocycles. The molecule has 6 atom stereocenters. The molecule has 6 unspecified atom stereocenters. The van der Waals surface area contributed by atoms with Gasteiger partial charge in [-0.3, -0.25) is 9.59 Å². The van der Waals surface area contributed by atoms with Crippen LogP contribution in [-0.2, 0) is 9.59 Å². The molecule has 8 heteroatoms. The van der Waals surface area contributed by atoms with E-state index in [1.54, 1.807) is 0 Å². The molecule has 0 saturated heterocycles. The van der Waals surface area contributed by atoms with E-state index < -0.39 is 35.2 Å². The molecule has 0 aliphatic heterocycles. The van der Waals surface area contributed by atoms with Crippen LogP contribution in [0.15, 0.2) is 47.6 Å². The molecule has 34 heavy (non-hydrogen) atoms. The number of carbonyl (C=O) groups is 2. The number of nitrogens with two attached hydrogens (primary N) is 2. The molecule has 8 nitrogen and oxygen atoms in total. The van der Waals surface area contributed by atoms with E-state index in [4.69, 9.17) is 11.5 Å². The lowest BCUT2D eigenvalue weighted by atomic mass is 9.74. The van der Waals surface area contributed by atoms with Crippen molar-refractivity contribution in [3.63, 3.8) is 0 Å². The van der Waals surface area contributed by atoms with Crippen LogP contribution in [0.2, 0.25) is 0 Å². The SMILES string of the molecule is CC(C)=CCCC(C)/C=C/C(O)(C(N)=O)C(O)(/C=C/C(C)CCC=C(C)C)C(O)C(O)C(N)=O. The van der Waals surface area contributed by atoms with Crippen molar-refractivity contribution in [3.8, 4) is 0 Å². The summed E-state index contributed by atoms with van der Waals surface area (Å²) >= 11 is 0. The van der Waals surface area contributed by atoms with Gasteiger partial charge in [-0.1, -0.05) is 55.4 Å². The average Bonchev–Trinajstić information content (AvgIpc) is 2.73. The lowest BCUT2D eigenvalue weighted by molar-refractivity contribution is -0.188. The molecule has 194 valence electrons. The number of hydrogen-bond acceptors (Lipinski definition) is 6. The van der Waals surface area contributed by atoms with E-state index in [1.165, 1.54) is 12.2 Å². The molecule has 8 N–H and O–H groups in total. The molecule has 0 saturated carbocycles. The summed E-state index contributed by atoms with van der Waals surface area (Å²) in [6.45, 7) is 11.6. The summed E-state index contributed by atoms with van der Waals surface area (Å²) < 4.78 is 0. The Labute approximate surface area is 203 Å². The predicted octanol–water partition coefficient (Wildman–Crippen LogP) is 2.02. The quantitative estimate of drug-likeness (QED) is 0.196. The molecule has 2 amide bonds. The van der Waals surface area contributed by atoms with Crippen LogP contribution in [-0.4, -0.2) is 55.7 Å². The van der Waals surface area contributed by atoms with Gasteiger partial charge in [-0.15, -0.1) is 0 Å². The highest BCUT2D eigenvalue weighted by atomic mass is 16.4. The van der Waals surface area contributed by atoms with Crippen molar-refractivity contribution in [2.75, 3.05) is 0 Å². The van der Waals surface area contributed by atoms with E-state index in [0.717, 1.165) is 36.1 Å². The molecule has 0 bridgehead atoms. The Hall–Kier alpha value is -2.26. The molecule has 0 radical (unpaired) electrons. The lowest BCUT2D eigenvalue weighted by Gasteiger charge is -2.42. The van der Waals surface area contributed by atoms with E-state index in [1.807, 2.05) is 53.7 Å². The largest absolute Gasteiger partial charge is 0.386 e. The third-order valence-electron chi connectivity index (χ3n) is 5.72. The van der Waals surface area contributed by atoms with Gasteiger partial charge in [0, 0.05) is 0 Å². The van der Waals surface area contributed by atoms with Crippen LogP contribution in [0, 0.1) is 11.8 Å². The van der Waals surface area contributed by atoms with Crippen LogP contribution in [0.4, 0.5) is 0 Å². The molecule has 0 aromatic rings. The summed E-state index contributed by atoms with van der Waals surface area (Å²) in [7, 11) is 0. The smallest absolute Gasteiger partial charge is 0.256 e. The second kappa shape index (κ2) is 14.2. The number of hydrogen-bond donors (Lipinski definition) is 6. The summed E-state index contributed by atoms with van der Waals surface area (Å²) in [4.78, 5) is 23.9. The summed E-state index contributed by atoms with van der Waals surface area (Å²) in [5.41, 5.74) is 7.21. The van der Waals surface area contributed by atoms with Crippen LogP contribution >= 0.6 is 0 Å². The first-order valence-electron chi connectivity index (χ1n) is 11.6. The zero-order valence-electron chi connectivity index (χ0n) is 21.4. The van der Waals surface area contributed by atoms with Crippen LogP contribution in [0.25, 0.3) is 0 Å². The topological polar surface area (TPSA) is 167 Å². The molecule has 0 fully saturated rings. The number of allylic oxidation sites excluding steroid dienone is 6. The lowest BCUT2D eigenvalue weighted by Crippen LogP contribution is -2.68. The Bertz CT molecular complexity index is 795. The minimum absolute atomic E-state index is 0.115. The van der Waals surface area contributed by atoms with Crippen molar-refractivity contribution >= 4 is 11.8 Å². The Morgan fingerprint density at radius 1 is 0.824 bits per heavy atom. The fourth-order valence-corrected chi connectivity index (χ4v) is 3.34. The highest BCUT2D eigenvalue weighted by Crippen LogP contribution is 2.33. The molecule has 0 aliphatic carbocycles. The van der Waals surface area contributed by atoms with E-state index in [9.17, 15) is 30.0 Å². The van der Waals surface area contributed by atoms with Gasteiger partial charge in [0.15, 0.2) is 17.3 Å². The Kier molecular flexibility index (Phi) is 13.3. The number of aliphatic hydroxyl groups excluding tert-OH is 2. The first-order valence-corrected chi connectivity index (χ1v) is 11.6. The number of primary amides is 2.